The molecule has 1 aromatic carbocycles. The van der Waals surface area contributed by atoms with Crippen molar-refractivity contribution in [2.45, 2.75) is 32.2 Å². The number of amides is 1. The summed E-state index contributed by atoms with van der Waals surface area (Å²) in [7, 11) is 5.72. The molecule has 1 spiro atoms. The molecule has 1 saturated heterocycles. The Kier molecular flexibility index (Phi) is 6.00. The lowest BCUT2D eigenvalue weighted by molar-refractivity contribution is -0.150. The second-order valence-electron chi connectivity index (χ2n) is 10.2. The maximum Gasteiger partial charge on any atom is 0.339 e. The van der Waals surface area contributed by atoms with E-state index in [0.29, 0.717) is 47.9 Å². The highest BCUT2D eigenvalue weighted by molar-refractivity contribution is 6.26. The standard InChI is InChI=1S/C28H31N3O8/c1-7-15-13(9-18(36-3)23(38-5)22(15)37-4)8-16(29)25(34)31-12-14-11-28(14)19(31)10-17(32)21-20(28)24(33)27(2,30-21)26(35)39-6/h8-10,14,30H,7,11-12,29H2,1-6H3/b16-8-. The van der Waals surface area contributed by atoms with Crippen molar-refractivity contribution in [2.24, 2.45) is 17.1 Å². The molecule has 2 heterocycles. The minimum Gasteiger partial charge on any atom is -0.493 e. The number of nitrogens with two attached hydrogens (primary N) is 1. The van der Waals surface area contributed by atoms with Crippen LogP contribution in [0.4, 0.5) is 0 Å². The van der Waals surface area contributed by atoms with Gasteiger partial charge in [-0.3, -0.25) is 14.4 Å². The largest absolute Gasteiger partial charge is 0.493 e. The summed E-state index contributed by atoms with van der Waals surface area (Å²) in [4.78, 5) is 54.2. The highest BCUT2D eigenvalue weighted by Gasteiger charge is 2.73. The molecule has 39 heavy (non-hydrogen) atoms. The third kappa shape index (κ3) is 3.41. The van der Waals surface area contributed by atoms with Crippen molar-refractivity contribution in [1.82, 2.24) is 10.2 Å². The third-order valence-electron chi connectivity index (χ3n) is 8.24. The summed E-state index contributed by atoms with van der Waals surface area (Å²) >= 11 is 0. The van der Waals surface area contributed by atoms with Gasteiger partial charge in [-0.25, -0.2) is 4.79 Å². The SMILES string of the molecule is CCc1c(/C=C(\N)C(=O)N2CC3CC34C2=CC(=O)C2=C4C(=O)C(C)(C(=O)OC)N2)cc(OC)c(OC)c1OC. The lowest BCUT2D eigenvalue weighted by atomic mass is 9.80. The predicted octanol–water partition coefficient (Wildman–Crippen LogP) is 1.25. The fraction of sp³-hybridized carbons (Fsp3) is 0.429. The molecule has 1 amide bonds. The number of nitrogens with zero attached hydrogens (tertiary/aromatic N) is 1. The molecule has 11 nitrogen and oxygen atoms in total. The topological polar surface area (TPSA) is 146 Å². The molecule has 0 bridgehead atoms. The zero-order chi connectivity index (χ0) is 28.4. The van der Waals surface area contributed by atoms with Crippen LogP contribution in [0.25, 0.3) is 6.08 Å². The van der Waals surface area contributed by atoms with Gasteiger partial charge in [0.15, 0.2) is 22.8 Å². The number of rotatable bonds is 7. The smallest absolute Gasteiger partial charge is 0.339 e. The molecule has 1 saturated carbocycles. The molecule has 0 aromatic heterocycles. The van der Waals surface area contributed by atoms with Gasteiger partial charge in [0.05, 0.1) is 39.8 Å². The molecule has 3 N–H and O–H groups in total. The number of esters is 1. The van der Waals surface area contributed by atoms with Crippen molar-refractivity contribution in [1.29, 1.82) is 0 Å². The maximum absolute atomic E-state index is 13.7. The lowest BCUT2D eigenvalue weighted by Gasteiger charge is -2.28. The average molecular weight is 538 g/mol. The summed E-state index contributed by atoms with van der Waals surface area (Å²) in [6.45, 7) is 3.64. The Bertz CT molecular complexity index is 1440. The van der Waals surface area contributed by atoms with Crippen molar-refractivity contribution in [3.05, 3.63) is 45.9 Å². The Labute approximate surface area is 225 Å². The zero-order valence-electron chi connectivity index (χ0n) is 22.7. The maximum atomic E-state index is 13.7. The Balaban J connectivity index is 1.50. The number of piperidine rings is 1. The number of likely N-dealkylation sites (tertiary alicyclic amines) is 1. The van der Waals surface area contributed by atoms with E-state index in [1.807, 2.05) is 6.92 Å². The van der Waals surface area contributed by atoms with Crippen LogP contribution in [0.15, 0.2) is 34.8 Å². The fourth-order valence-electron chi connectivity index (χ4n) is 6.26. The van der Waals surface area contributed by atoms with E-state index in [9.17, 15) is 19.2 Å². The molecule has 2 aliphatic carbocycles. The molecule has 0 radical (unpaired) electrons. The van der Waals surface area contributed by atoms with Gasteiger partial charge in [0.2, 0.25) is 11.5 Å². The summed E-state index contributed by atoms with van der Waals surface area (Å²) in [6, 6.07) is 1.72. The van der Waals surface area contributed by atoms with Crippen LogP contribution in [0.2, 0.25) is 0 Å². The van der Waals surface area contributed by atoms with E-state index in [-0.39, 0.29) is 22.9 Å². The van der Waals surface area contributed by atoms with Crippen LogP contribution in [-0.4, -0.2) is 68.9 Å². The molecule has 2 aliphatic heterocycles. The summed E-state index contributed by atoms with van der Waals surface area (Å²) in [5.41, 5.74) is 5.97. The van der Waals surface area contributed by atoms with E-state index in [1.165, 1.54) is 46.3 Å². The van der Waals surface area contributed by atoms with Crippen LogP contribution in [0, 0.1) is 11.3 Å². The number of nitrogens with one attached hydrogen (secondary N) is 1. The molecule has 4 aliphatic rings. The van der Waals surface area contributed by atoms with Gasteiger partial charge in [-0.15, -0.1) is 0 Å². The van der Waals surface area contributed by atoms with Gasteiger partial charge in [-0.05, 0) is 43.4 Å². The van der Waals surface area contributed by atoms with Gasteiger partial charge in [0.1, 0.15) is 0 Å². The molecule has 2 fully saturated rings. The molecule has 1 aromatic rings. The first-order valence-electron chi connectivity index (χ1n) is 12.6. The minimum atomic E-state index is -1.69. The number of hydrogen-bond acceptors (Lipinski definition) is 10. The van der Waals surface area contributed by atoms with Gasteiger partial charge in [0, 0.05) is 34.9 Å². The van der Waals surface area contributed by atoms with Crippen molar-refractivity contribution in [3.63, 3.8) is 0 Å². The Morgan fingerprint density at radius 3 is 2.44 bits per heavy atom. The quantitative estimate of drug-likeness (QED) is 0.296. The predicted molar refractivity (Wildman–Crippen MR) is 139 cm³/mol. The summed E-state index contributed by atoms with van der Waals surface area (Å²) in [5, 5.41) is 2.82. The highest BCUT2D eigenvalue weighted by Crippen LogP contribution is 2.70. The van der Waals surface area contributed by atoms with Crippen molar-refractivity contribution in [2.75, 3.05) is 35.0 Å². The summed E-state index contributed by atoms with van der Waals surface area (Å²) in [5.74, 6) is -0.991. The molecular weight excluding hydrogens is 506 g/mol. The van der Waals surface area contributed by atoms with Gasteiger partial charge in [-0.2, -0.15) is 0 Å². The van der Waals surface area contributed by atoms with Gasteiger partial charge in [-0.1, -0.05) is 6.92 Å². The molecule has 206 valence electrons. The first-order chi connectivity index (χ1) is 18.5. The normalized spacial score (nSPS) is 26.8. The molecular formula is C28H31N3O8. The molecule has 5 rings (SSSR count). The number of Topliss-reactive ketones (excluding diaryl/α,β-unsaturated/α-hetero) is 1. The molecule has 11 heteroatoms. The van der Waals surface area contributed by atoms with Crippen LogP contribution < -0.4 is 25.3 Å². The van der Waals surface area contributed by atoms with Crippen molar-refractivity contribution in [3.8, 4) is 17.2 Å². The van der Waals surface area contributed by atoms with E-state index in [1.54, 1.807) is 12.1 Å². The number of methoxy groups -OCH3 is 4. The third-order valence-corrected chi connectivity index (χ3v) is 8.24. The number of carbonyl (C=O) groups excluding carboxylic acids is 4. The van der Waals surface area contributed by atoms with E-state index < -0.39 is 34.4 Å². The minimum absolute atomic E-state index is 0.0566. The number of carbonyl (C=O) groups is 4. The van der Waals surface area contributed by atoms with Crippen LogP contribution in [0.5, 0.6) is 17.2 Å². The van der Waals surface area contributed by atoms with E-state index >= 15 is 0 Å². The summed E-state index contributed by atoms with van der Waals surface area (Å²) in [6.07, 6.45) is 4.08. The summed E-state index contributed by atoms with van der Waals surface area (Å²) < 4.78 is 21.3. The van der Waals surface area contributed by atoms with Gasteiger partial charge in [0.25, 0.3) is 5.91 Å². The zero-order valence-corrected chi connectivity index (χ0v) is 22.7. The number of allylic oxidation sites excluding steroid dienone is 2. The first kappa shape index (κ1) is 26.3. The Morgan fingerprint density at radius 2 is 1.85 bits per heavy atom. The Morgan fingerprint density at radius 1 is 1.15 bits per heavy atom. The molecule has 3 unspecified atom stereocenters. The lowest BCUT2D eigenvalue weighted by Crippen LogP contribution is -2.52. The number of ether oxygens (including phenoxy) is 4. The van der Waals surface area contributed by atoms with Gasteiger partial charge < -0.3 is 34.9 Å². The van der Waals surface area contributed by atoms with Gasteiger partial charge >= 0.3 is 5.97 Å². The average Bonchev–Trinajstić information content (AvgIpc) is 3.44. The van der Waals surface area contributed by atoms with E-state index in [2.05, 4.69) is 5.32 Å². The number of benzene rings is 1. The monoisotopic (exact) mass is 537 g/mol. The first-order valence-corrected chi connectivity index (χ1v) is 12.6. The Hall–Kier alpha value is -4.28. The van der Waals surface area contributed by atoms with E-state index in [0.717, 1.165) is 5.56 Å². The second-order valence-corrected chi connectivity index (χ2v) is 10.2. The fourth-order valence-corrected chi connectivity index (χ4v) is 6.26. The van der Waals surface area contributed by atoms with E-state index in [4.69, 9.17) is 24.7 Å². The highest BCUT2D eigenvalue weighted by atomic mass is 16.5. The number of ketones is 2. The second kappa shape index (κ2) is 8.89. The van der Waals surface area contributed by atoms with Crippen molar-refractivity contribution < 1.29 is 38.1 Å². The van der Waals surface area contributed by atoms with Crippen molar-refractivity contribution >= 4 is 29.5 Å². The van der Waals surface area contributed by atoms with Crippen LogP contribution in [0.1, 0.15) is 31.4 Å². The van der Waals surface area contributed by atoms with Crippen LogP contribution in [0.3, 0.4) is 0 Å². The van der Waals surface area contributed by atoms with Crippen LogP contribution >= 0.6 is 0 Å². The van der Waals surface area contributed by atoms with Crippen LogP contribution in [-0.2, 0) is 30.3 Å². The molecule has 3 atom stereocenters. The number of hydrogen-bond donors (Lipinski definition) is 2.